The maximum Gasteiger partial charge on any atom is 0.147 e. The first-order valence-corrected chi connectivity index (χ1v) is 16.8. The molecule has 0 saturated carbocycles. The van der Waals surface area contributed by atoms with Crippen LogP contribution in [-0.4, -0.2) is 23.9 Å². The van der Waals surface area contributed by atoms with Crippen LogP contribution < -0.4 is 4.74 Å². The highest BCUT2D eigenvalue weighted by Gasteiger charge is 2.35. The quantitative estimate of drug-likeness (QED) is 0.181. The van der Waals surface area contributed by atoms with E-state index in [0.717, 1.165) is 61.4 Å². The first kappa shape index (κ1) is 28.0. The number of hydrogen-bond acceptors (Lipinski definition) is 4. The van der Waals surface area contributed by atoms with Crippen LogP contribution in [0.25, 0.3) is 66.3 Å². The van der Waals surface area contributed by atoms with E-state index < -0.39 is 0 Å². The number of benzene rings is 4. The van der Waals surface area contributed by atoms with Gasteiger partial charge < -0.3 is 4.74 Å². The van der Waals surface area contributed by atoms with Crippen molar-refractivity contribution >= 4 is 49.4 Å². The van der Waals surface area contributed by atoms with Crippen LogP contribution >= 0.6 is 0 Å². The highest BCUT2D eigenvalue weighted by atomic mass is 16.5. The van der Waals surface area contributed by atoms with Crippen molar-refractivity contribution in [1.29, 1.82) is 0 Å². The van der Waals surface area contributed by atoms with Gasteiger partial charge in [-0.25, -0.2) is 15.0 Å². The third-order valence-corrected chi connectivity index (χ3v) is 10.5. The van der Waals surface area contributed by atoms with Crippen LogP contribution in [0.3, 0.4) is 0 Å². The van der Waals surface area contributed by atoms with Crippen molar-refractivity contribution in [3.63, 3.8) is 0 Å². The minimum absolute atomic E-state index is 0.187. The summed E-state index contributed by atoms with van der Waals surface area (Å²) < 4.78 is 11.2. The molecule has 4 aromatic carbocycles. The summed E-state index contributed by atoms with van der Waals surface area (Å²) in [6.45, 7) is 11.1. The molecule has 10 rings (SSSR count). The minimum atomic E-state index is -0.187. The second kappa shape index (κ2) is 9.77. The molecule has 0 radical (unpaired) electrons. The molecule has 0 bridgehead atoms. The molecule has 1 aliphatic rings. The summed E-state index contributed by atoms with van der Waals surface area (Å²) in [6, 6.07) is 32.2. The van der Waals surface area contributed by atoms with Gasteiger partial charge in [-0.2, -0.15) is 0 Å². The standard InChI is InChI=1S/C43H33N5O/c1-24-19-25(2)38(26(3)20-24)36-23-47-40-31(10-7-17-44-40)29-15-13-27(21-33(29)42(47)46-36)49-28-14-16-34-37(22-28)48-39-30(32-11-8-18-45-41(32)48)9-6-12-35(39)43(34,4)5/h6-23H,1-5H3. The second-order valence-corrected chi connectivity index (χ2v) is 14.0. The van der Waals surface area contributed by atoms with Crippen molar-refractivity contribution in [2.45, 2.75) is 40.0 Å². The summed E-state index contributed by atoms with van der Waals surface area (Å²) in [7, 11) is 0. The van der Waals surface area contributed by atoms with Gasteiger partial charge in [-0.3, -0.25) is 8.97 Å². The maximum absolute atomic E-state index is 6.71. The fraction of sp³-hybridized carbons (Fsp3) is 0.140. The second-order valence-electron chi connectivity index (χ2n) is 14.0. The van der Waals surface area contributed by atoms with Crippen molar-refractivity contribution in [3.05, 3.63) is 137 Å². The number of aryl methyl sites for hydroxylation is 3. The molecule has 0 atom stereocenters. The van der Waals surface area contributed by atoms with Gasteiger partial charge in [0.2, 0.25) is 0 Å². The Morgan fingerprint density at radius 1 is 0.612 bits per heavy atom. The number of aromatic nitrogens is 5. The summed E-state index contributed by atoms with van der Waals surface area (Å²) in [6.07, 6.45) is 5.85. The zero-order chi connectivity index (χ0) is 33.2. The number of ether oxygens (including phenoxy) is 1. The minimum Gasteiger partial charge on any atom is -0.457 e. The molecular weight excluding hydrogens is 603 g/mol. The molecule has 6 nitrogen and oxygen atoms in total. The van der Waals surface area contributed by atoms with Crippen LogP contribution in [-0.2, 0) is 5.41 Å². The first-order valence-electron chi connectivity index (χ1n) is 16.8. The summed E-state index contributed by atoms with van der Waals surface area (Å²) in [5, 5.41) is 5.56. The maximum atomic E-state index is 6.71. The topological polar surface area (TPSA) is 57.2 Å². The summed E-state index contributed by atoms with van der Waals surface area (Å²) in [5.41, 5.74) is 13.2. The smallest absolute Gasteiger partial charge is 0.147 e. The van der Waals surface area contributed by atoms with Gasteiger partial charge in [0.1, 0.15) is 28.4 Å². The number of rotatable bonds is 3. The van der Waals surface area contributed by atoms with Crippen LogP contribution in [0.5, 0.6) is 11.5 Å². The zero-order valence-corrected chi connectivity index (χ0v) is 28.0. The fourth-order valence-corrected chi connectivity index (χ4v) is 8.44. The van der Waals surface area contributed by atoms with Crippen molar-refractivity contribution in [2.24, 2.45) is 0 Å². The predicted molar refractivity (Wildman–Crippen MR) is 198 cm³/mol. The number of para-hydroxylation sites is 1. The predicted octanol–water partition coefficient (Wildman–Crippen LogP) is 10.6. The van der Waals surface area contributed by atoms with Crippen LogP contribution in [0, 0.1) is 20.8 Å². The molecule has 6 heteroatoms. The molecule has 0 amide bonds. The number of imidazole rings is 1. The Hall–Kier alpha value is -6.01. The lowest BCUT2D eigenvalue weighted by atomic mass is 9.74. The summed E-state index contributed by atoms with van der Waals surface area (Å²) >= 11 is 0. The van der Waals surface area contributed by atoms with E-state index in [2.05, 4.69) is 123 Å². The van der Waals surface area contributed by atoms with E-state index in [9.17, 15) is 0 Å². The fourth-order valence-electron chi connectivity index (χ4n) is 8.44. The molecule has 0 spiro atoms. The van der Waals surface area contributed by atoms with Gasteiger partial charge in [-0.15, -0.1) is 0 Å². The molecule has 236 valence electrons. The van der Waals surface area contributed by atoms with E-state index in [1.807, 2.05) is 30.6 Å². The van der Waals surface area contributed by atoms with Gasteiger partial charge >= 0.3 is 0 Å². The molecule has 6 heterocycles. The van der Waals surface area contributed by atoms with Crippen molar-refractivity contribution in [2.75, 3.05) is 0 Å². The van der Waals surface area contributed by atoms with Gasteiger partial charge in [-0.05, 0) is 96.9 Å². The first-order chi connectivity index (χ1) is 23.8. The van der Waals surface area contributed by atoms with Gasteiger partial charge in [0.25, 0.3) is 0 Å². The molecule has 0 fully saturated rings. The molecule has 49 heavy (non-hydrogen) atoms. The van der Waals surface area contributed by atoms with Crippen molar-refractivity contribution in [1.82, 2.24) is 23.9 Å². The largest absolute Gasteiger partial charge is 0.457 e. The zero-order valence-electron chi connectivity index (χ0n) is 28.0. The van der Waals surface area contributed by atoms with E-state index >= 15 is 0 Å². The highest BCUT2D eigenvalue weighted by molar-refractivity contribution is 6.12. The Balaban J connectivity index is 1.15. The summed E-state index contributed by atoms with van der Waals surface area (Å²) in [5.74, 6) is 1.52. The molecule has 0 unspecified atom stereocenters. The van der Waals surface area contributed by atoms with Crippen molar-refractivity contribution < 1.29 is 4.74 Å². The average molecular weight is 636 g/mol. The van der Waals surface area contributed by atoms with Gasteiger partial charge in [-0.1, -0.05) is 55.8 Å². The van der Waals surface area contributed by atoms with Crippen LogP contribution in [0.2, 0.25) is 0 Å². The van der Waals surface area contributed by atoms with E-state index in [4.69, 9.17) is 19.7 Å². The Morgan fingerprint density at radius 3 is 2.10 bits per heavy atom. The van der Waals surface area contributed by atoms with Gasteiger partial charge in [0.15, 0.2) is 0 Å². The molecule has 5 aromatic heterocycles. The number of nitrogens with zero attached hydrogens (tertiary/aromatic N) is 5. The van der Waals surface area contributed by atoms with Crippen LogP contribution in [0.1, 0.15) is 41.7 Å². The molecule has 0 N–H and O–H groups in total. The van der Waals surface area contributed by atoms with Crippen molar-refractivity contribution in [3.8, 4) is 28.4 Å². The van der Waals surface area contributed by atoms with E-state index in [1.165, 1.54) is 44.3 Å². The Bertz CT molecular complexity index is 2850. The Labute approximate surface area is 283 Å². The van der Waals surface area contributed by atoms with E-state index in [0.29, 0.717) is 0 Å². The van der Waals surface area contributed by atoms with E-state index in [1.54, 1.807) is 0 Å². The Morgan fingerprint density at radius 2 is 1.31 bits per heavy atom. The van der Waals surface area contributed by atoms with Gasteiger partial charge in [0.05, 0.1) is 16.9 Å². The van der Waals surface area contributed by atoms with E-state index in [-0.39, 0.29) is 5.41 Å². The monoisotopic (exact) mass is 635 g/mol. The number of hydrogen-bond donors (Lipinski definition) is 0. The van der Waals surface area contributed by atoms with Gasteiger partial charge in [0, 0.05) is 57.2 Å². The molecule has 0 saturated heterocycles. The Kier molecular flexibility index (Phi) is 5.59. The lowest BCUT2D eigenvalue weighted by Gasteiger charge is -2.34. The SMILES string of the molecule is Cc1cc(C)c(-c2cn3c4ncccc4c4ccc(Oc5ccc6c(c5)-n5c7ncccc7c7cccc(c75)C6(C)C)cc4c3n2)c(C)c1. The average Bonchev–Trinajstić information content (AvgIpc) is 3.68. The third kappa shape index (κ3) is 3.85. The lowest BCUT2D eigenvalue weighted by Crippen LogP contribution is -2.26. The molecule has 0 aliphatic carbocycles. The number of pyridine rings is 3. The molecule has 9 aromatic rings. The van der Waals surface area contributed by atoms with Crippen LogP contribution in [0.4, 0.5) is 0 Å². The normalized spacial score (nSPS) is 13.6. The number of fused-ring (bicyclic) bond motifs is 11. The third-order valence-electron chi connectivity index (χ3n) is 10.5. The summed E-state index contributed by atoms with van der Waals surface area (Å²) in [4.78, 5) is 14.9. The lowest BCUT2D eigenvalue weighted by molar-refractivity contribution is 0.482. The van der Waals surface area contributed by atoms with Crippen LogP contribution in [0.15, 0.2) is 110 Å². The highest BCUT2D eigenvalue weighted by Crippen LogP contribution is 2.48. The molecule has 1 aliphatic heterocycles. The molecular formula is C43H33N5O.